The molecule has 0 amide bonds. The zero-order valence-corrected chi connectivity index (χ0v) is 12.5. The first-order valence-electron chi connectivity index (χ1n) is 6.55. The molecule has 2 N–H and O–H groups in total. The number of hydrogen-bond donors (Lipinski definition) is 1. The summed E-state index contributed by atoms with van der Waals surface area (Å²) in [6, 6.07) is 12.4. The van der Waals surface area contributed by atoms with E-state index in [-0.39, 0.29) is 6.04 Å². The van der Waals surface area contributed by atoms with Crippen LogP contribution in [0.15, 0.2) is 36.4 Å². The van der Waals surface area contributed by atoms with E-state index >= 15 is 0 Å². The van der Waals surface area contributed by atoms with Gasteiger partial charge in [0, 0.05) is 11.1 Å². The number of rotatable bonds is 3. The molecule has 0 aliphatic rings. The summed E-state index contributed by atoms with van der Waals surface area (Å²) in [5.74, 6) is 0. The maximum absolute atomic E-state index is 6.38. The Morgan fingerprint density at radius 1 is 1.05 bits per heavy atom. The molecule has 0 aliphatic carbocycles. The average molecular weight is 274 g/mol. The number of benzene rings is 2. The number of hydrogen-bond acceptors (Lipinski definition) is 1. The fraction of sp³-hybridized carbons (Fsp3) is 0.294. The first-order chi connectivity index (χ1) is 8.99. The molecule has 0 heterocycles. The zero-order valence-electron chi connectivity index (χ0n) is 11.7. The molecule has 0 aromatic heterocycles. The molecule has 0 saturated carbocycles. The van der Waals surface area contributed by atoms with Crippen molar-refractivity contribution in [3.05, 3.63) is 69.2 Å². The molecule has 0 radical (unpaired) electrons. The summed E-state index contributed by atoms with van der Waals surface area (Å²) < 4.78 is 0. The molecule has 0 aliphatic heterocycles. The predicted molar refractivity (Wildman–Crippen MR) is 82.7 cm³/mol. The Labute approximate surface area is 120 Å². The lowest BCUT2D eigenvalue weighted by atomic mass is 9.92. The van der Waals surface area contributed by atoms with E-state index in [1.165, 1.54) is 22.3 Å². The highest BCUT2D eigenvalue weighted by atomic mass is 35.5. The minimum Gasteiger partial charge on any atom is -0.324 e. The summed E-state index contributed by atoms with van der Waals surface area (Å²) in [5, 5.41) is 0.807. The van der Waals surface area contributed by atoms with Crippen molar-refractivity contribution < 1.29 is 0 Å². The lowest BCUT2D eigenvalue weighted by Crippen LogP contribution is -2.16. The summed E-state index contributed by atoms with van der Waals surface area (Å²) >= 11 is 6.29. The molecular weight excluding hydrogens is 254 g/mol. The van der Waals surface area contributed by atoms with Gasteiger partial charge in [0.15, 0.2) is 0 Å². The van der Waals surface area contributed by atoms with Crippen molar-refractivity contribution in [3.8, 4) is 0 Å². The summed E-state index contributed by atoms with van der Waals surface area (Å²) in [6.45, 7) is 6.26. The second-order valence-corrected chi connectivity index (χ2v) is 5.62. The van der Waals surface area contributed by atoms with E-state index in [2.05, 4.69) is 44.2 Å². The van der Waals surface area contributed by atoms with Gasteiger partial charge in [-0.2, -0.15) is 0 Å². The van der Waals surface area contributed by atoms with E-state index < -0.39 is 0 Å². The topological polar surface area (TPSA) is 26.0 Å². The highest BCUT2D eigenvalue weighted by Gasteiger charge is 2.13. The van der Waals surface area contributed by atoms with Gasteiger partial charge in [0.25, 0.3) is 0 Å². The maximum atomic E-state index is 6.38. The van der Waals surface area contributed by atoms with Gasteiger partial charge in [0.2, 0.25) is 0 Å². The third kappa shape index (κ3) is 3.17. The summed E-state index contributed by atoms with van der Waals surface area (Å²) in [5.41, 5.74) is 12.4. The molecule has 2 aromatic carbocycles. The van der Waals surface area contributed by atoms with Crippen LogP contribution in [0.2, 0.25) is 5.02 Å². The summed E-state index contributed by atoms with van der Waals surface area (Å²) in [4.78, 5) is 0. The van der Waals surface area contributed by atoms with E-state index in [0.717, 1.165) is 17.0 Å². The SMILES string of the molecule is Cc1ccc(CC(N)c2c(C)cccc2C)c(Cl)c1. The van der Waals surface area contributed by atoms with E-state index in [4.69, 9.17) is 17.3 Å². The van der Waals surface area contributed by atoms with Crippen LogP contribution in [-0.4, -0.2) is 0 Å². The molecule has 2 heteroatoms. The molecule has 2 rings (SSSR count). The van der Waals surface area contributed by atoms with Gasteiger partial charge in [-0.15, -0.1) is 0 Å². The Hall–Kier alpha value is -1.31. The monoisotopic (exact) mass is 273 g/mol. The van der Waals surface area contributed by atoms with Crippen molar-refractivity contribution in [3.63, 3.8) is 0 Å². The van der Waals surface area contributed by atoms with Gasteiger partial charge < -0.3 is 5.73 Å². The lowest BCUT2D eigenvalue weighted by molar-refractivity contribution is 0.711. The van der Waals surface area contributed by atoms with E-state index in [9.17, 15) is 0 Å². The minimum atomic E-state index is -0.0126. The zero-order chi connectivity index (χ0) is 14.0. The Morgan fingerprint density at radius 3 is 2.26 bits per heavy atom. The van der Waals surface area contributed by atoms with E-state index in [1.54, 1.807) is 0 Å². The summed E-state index contributed by atoms with van der Waals surface area (Å²) in [6.07, 6.45) is 0.769. The smallest absolute Gasteiger partial charge is 0.0441 e. The predicted octanol–water partition coefficient (Wildman–Crippen LogP) is 4.51. The van der Waals surface area contributed by atoms with Gasteiger partial charge in [-0.05, 0) is 61.1 Å². The second kappa shape index (κ2) is 5.77. The van der Waals surface area contributed by atoms with Crippen LogP contribution in [0.25, 0.3) is 0 Å². The number of halogens is 1. The first kappa shape index (κ1) is 14.1. The van der Waals surface area contributed by atoms with Crippen LogP contribution < -0.4 is 5.73 Å². The minimum absolute atomic E-state index is 0.0126. The van der Waals surface area contributed by atoms with Gasteiger partial charge >= 0.3 is 0 Å². The van der Waals surface area contributed by atoms with Gasteiger partial charge in [-0.3, -0.25) is 0 Å². The second-order valence-electron chi connectivity index (χ2n) is 5.21. The molecule has 0 spiro atoms. The molecule has 0 bridgehead atoms. The van der Waals surface area contributed by atoms with Crippen molar-refractivity contribution in [2.24, 2.45) is 5.73 Å². The van der Waals surface area contributed by atoms with Gasteiger partial charge in [-0.25, -0.2) is 0 Å². The van der Waals surface area contributed by atoms with Crippen LogP contribution in [0.1, 0.15) is 33.9 Å². The fourth-order valence-electron chi connectivity index (χ4n) is 2.57. The van der Waals surface area contributed by atoms with Crippen LogP contribution in [0.5, 0.6) is 0 Å². The molecule has 1 atom stereocenters. The van der Waals surface area contributed by atoms with Crippen molar-refractivity contribution >= 4 is 11.6 Å². The third-order valence-corrected chi connectivity index (χ3v) is 3.91. The van der Waals surface area contributed by atoms with Crippen LogP contribution in [0, 0.1) is 20.8 Å². The van der Waals surface area contributed by atoms with Crippen LogP contribution >= 0.6 is 11.6 Å². The largest absolute Gasteiger partial charge is 0.324 e. The van der Waals surface area contributed by atoms with Gasteiger partial charge in [0.1, 0.15) is 0 Å². The fourth-order valence-corrected chi connectivity index (χ4v) is 2.88. The Morgan fingerprint density at radius 2 is 1.68 bits per heavy atom. The van der Waals surface area contributed by atoms with Crippen LogP contribution in [-0.2, 0) is 6.42 Å². The first-order valence-corrected chi connectivity index (χ1v) is 6.93. The normalized spacial score (nSPS) is 12.5. The third-order valence-electron chi connectivity index (χ3n) is 3.56. The number of aryl methyl sites for hydroxylation is 3. The molecule has 1 nitrogen and oxygen atoms in total. The Balaban J connectivity index is 2.28. The van der Waals surface area contributed by atoms with Crippen LogP contribution in [0.4, 0.5) is 0 Å². The lowest BCUT2D eigenvalue weighted by Gasteiger charge is -2.18. The van der Waals surface area contributed by atoms with E-state index in [0.29, 0.717) is 0 Å². The Bertz CT molecular complexity index is 570. The molecule has 0 fully saturated rings. The van der Waals surface area contributed by atoms with Gasteiger partial charge in [0.05, 0.1) is 0 Å². The molecule has 100 valence electrons. The highest BCUT2D eigenvalue weighted by molar-refractivity contribution is 6.31. The standard InChI is InChI=1S/C17H20ClN/c1-11-7-8-14(15(18)9-11)10-16(19)17-12(2)5-4-6-13(17)3/h4-9,16H,10,19H2,1-3H3. The molecule has 0 saturated heterocycles. The van der Waals surface area contributed by atoms with Crippen molar-refractivity contribution in [2.45, 2.75) is 33.2 Å². The number of nitrogens with two attached hydrogens (primary N) is 1. The van der Waals surface area contributed by atoms with Crippen LogP contribution in [0.3, 0.4) is 0 Å². The molecule has 2 aromatic rings. The molecular formula is C17H20ClN. The van der Waals surface area contributed by atoms with Gasteiger partial charge in [-0.1, -0.05) is 41.9 Å². The van der Waals surface area contributed by atoms with Crippen molar-refractivity contribution in [1.29, 1.82) is 0 Å². The van der Waals surface area contributed by atoms with E-state index in [1.807, 2.05) is 13.0 Å². The highest BCUT2D eigenvalue weighted by Crippen LogP contribution is 2.26. The quantitative estimate of drug-likeness (QED) is 0.875. The summed E-state index contributed by atoms with van der Waals surface area (Å²) in [7, 11) is 0. The average Bonchev–Trinajstić information content (AvgIpc) is 2.32. The molecule has 1 unspecified atom stereocenters. The Kier molecular flexibility index (Phi) is 4.28. The van der Waals surface area contributed by atoms with Crippen molar-refractivity contribution in [2.75, 3.05) is 0 Å². The van der Waals surface area contributed by atoms with Crippen molar-refractivity contribution in [1.82, 2.24) is 0 Å². The maximum Gasteiger partial charge on any atom is 0.0441 e. The molecule has 19 heavy (non-hydrogen) atoms.